The molecule has 2 fully saturated rings. The van der Waals surface area contributed by atoms with Crippen LogP contribution in [-0.2, 0) is 20.7 Å². The standard InChI is InChI=1S/C27H29NO7/c1-15-11-17-12-16(6-9-21(17)35-15)25(29)23-24(20-8-7-18(32-2)13-22(20)33-3)28(27(31)26(23)30)14-19-5-4-10-34-19/h6-9,12-13,15,19,24,29H,4-5,10-11,14H2,1-3H3/b25-23+. The van der Waals surface area contributed by atoms with Gasteiger partial charge in [0.05, 0.1) is 31.9 Å². The highest BCUT2D eigenvalue weighted by Crippen LogP contribution is 2.44. The zero-order valence-corrected chi connectivity index (χ0v) is 20.1. The molecule has 5 rings (SSSR count). The van der Waals surface area contributed by atoms with Crippen LogP contribution in [0.2, 0.25) is 0 Å². The van der Waals surface area contributed by atoms with E-state index in [1.165, 1.54) is 12.0 Å². The van der Waals surface area contributed by atoms with Crippen molar-refractivity contribution >= 4 is 17.4 Å². The molecule has 0 saturated carbocycles. The molecule has 2 saturated heterocycles. The number of benzene rings is 2. The van der Waals surface area contributed by atoms with E-state index in [0.717, 1.165) is 24.2 Å². The Morgan fingerprint density at radius 1 is 1.14 bits per heavy atom. The van der Waals surface area contributed by atoms with E-state index < -0.39 is 17.7 Å². The number of likely N-dealkylation sites (tertiary alicyclic amines) is 1. The predicted molar refractivity (Wildman–Crippen MR) is 128 cm³/mol. The van der Waals surface area contributed by atoms with Gasteiger partial charge in [0.15, 0.2) is 0 Å². The first-order chi connectivity index (χ1) is 16.9. The van der Waals surface area contributed by atoms with Gasteiger partial charge in [0.25, 0.3) is 11.7 Å². The summed E-state index contributed by atoms with van der Waals surface area (Å²) in [5.74, 6) is 0.186. The molecule has 3 unspecified atom stereocenters. The minimum atomic E-state index is -0.830. The highest BCUT2D eigenvalue weighted by atomic mass is 16.5. The SMILES string of the molecule is COc1ccc(C2/C(=C(\O)c3ccc4c(c3)CC(C)O4)C(=O)C(=O)N2CC2CCCO2)c(OC)c1. The average Bonchev–Trinajstić information content (AvgIpc) is 3.57. The van der Waals surface area contributed by atoms with Crippen molar-refractivity contribution in [1.29, 1.82) is 0 Å². The highest BCUT2D eigenvalue weighted by molar-refractivity contribution is 6.46. The lowest BCUT2D eigenvalue weighted by Gasteiger charge is -2.28. The summed E-state index contributed by atoms with van der Waals surface area (Å²) in [6, 6.07) is 9.71. The number of carbonyl (C=O) groups is 2. The zero-order chi connectivity index (χ0) is 24.7. The molecule has 1 N–H and O–H groups in total. The first kappa shape index (κ1) is 23.2. The Bertz CT molecular complexity index is 1200. The molecule has 0 bridgehead atoms. The van der Waals surface area contributed by atoms with Crippen LogP contribution in [0.4, 0.5) is 0 Å². The van der Waals surface area contributed by atoms with Crippen molar-refractivity contribution in [3.8, 4) is 17.2 Å². The molecule has 3 atom stereocenters. The van der Waals surface area contributed by atoms with Gasteiger partial charge in [0.1, 0.15) is 29.1 Å². The molecule has 3 heterocycles. The summed E-state index contributed by atoms with van der Waals surface area (Å²) in [4.78, 5) is 28.1. The summed E-state index contributed by atoms with van der Waals surface area (Å²) >= 11 is 0. The fourth-order valence-electron chi connectivity index (χ4n) is 5.17. The van der Waals surface area contributed by atoms with Crippen LogP contribution in [0, 0.1) is 0 Å². The lowest BCUT2D eigenvalue weighted by molar-refractivity contribution is -0.140. The maximum atomic E-state index is 13.4. The third kappa shape index (κ3) is 4.12. The summed E-state index contributed by atoms with van der Waals surface area (Å²) < 4.78 is 22.5. The molecule has 2 aromatic rings. The van der Waals surface area contributed by atoms with Crippen LogP contribution in [0.25, 0.3) is 5.76 Å². The quantitative estimate of drug-likeness (QED) is 0.384. The number of nitrogens with zero attached hydrogens (tertiary/aromatic N) is 1. The van der Waals surface area contributed by atoms with Crippen molar-refractivity contribution in [2.24, 2.45) is 0 Å². The Labute approximate surface area is 204 Å². The first-order valence-electron chi connectivity index (χ1n) is 11.8. The van der Waals surface area contributed by atoms with Gasteiger partial charge in [-0.15, -0.1) is 0 Å². The lowest BCUT2D eigenvalue weighted by Crippen LogP contribution is -2.36. The normalized spacial score (nSPS) is 25.0. The largest absolute Gasteiger partial charge is 0.507 e. The number of hydrogen-bond donors (Lipinski definition) is 1. The molecule has 2 aromatic carbocycles. The molecular weight excluding hydrogens is 450 g/mol. The number of hydrogen-bond acceptors (Lipinski definition) is 7. The number of carbonyl (C=O) groups excluding carboxylic acids is 2. The van der Waals surface area contributed by atoms with Crippen LogP contribution in [-0.4, -0.2) is 61.3 Å². The Morgan fingerprint density at radius 2 is 1.97 bits per heavy atom. The number of aliphatic hydroxyl groups excluding tert-OH is 1. The van der Waals surface area contributed by atoms with Gasteiger partial charge < -0.3 is 29.0 Å². The van der Waals surface area contributed by atoms with E-state index in [4.69, 9.17) is 18.9 Å². The molecule has 0 radical (unpaired) electrons. The molecule has 184 valence electrons. The maximum Gasteiger partial charge on any atom is 0.295 e. The van der Waals surface area contributed by atoms with Gasteiger partial charge in [0, 0.05) is 36.8 Å². The van der Waals surface area contributed by atoms with Crippen molar-refractivity contribution in [3.63, 3.8) is 0 Å². The Hall–Kier alpha value is -3.52. The Morgan fingerprint density at radius 3 is 2.69 bits per heavy atom. The molecule has 1 amide bonds. The predicted octanol–water partition coefficient (Wildman–Crippen LogP) is 3.63. The number of rotatable bonds is 6. The second-order valence-corrected chi connectivity index (χ2v) is 9.15. The smallest absolute Gasteiger partial charge is 0.295 e. The summed E-state index contributed by atoms with van der Waals surface area (Å²) in [6.07, 6.45) is 2.29. The summed E-state index contributed by atoms with van der Waals surface area (Å²) in [6.45, 7) is 2.85. The van der Waals surface area contributed by atoms with E-state index in [2.05, 4.69) is 0 Å². The summed E-state index contributed by atoms with van der Waals surface area (Å²) in [5.41, 5.74) is 2.04. The van der Waals surface area contributed by atoms with Gasteiger partial charge in [-0.05, 0) is 55.7 Å². The van der Waals surface area contributed by atoms with Gasteiger partial charge in [-0.1, -0.05) is 0 Å². The third-order valence-electron chi connectivity index (χ3n) is 6.87. The van der Waals surface area contributed by atoms with Gasteiger partial charge in [-0.3, -0.25) is 9.59 Å². The second kappa shape index (κ2) is 9.26. The van der Waals surface area contributed by atoms with Gasteiger partial charge in [0.2, 0.25) is 0 Å². The second-order valence-electron chi connectivity index (χ2n) is 9.15. The van der Waals surface area contributed by atoms with Crippen LogP contribution in [0.3, 0.4) is 0 Å². The molecule has 35 heavy (non-hydrogen) atoms. The molecule has 8 nitrogen and oxygen atoms in total. The molecule has 3 aliphatic rings. The van der Waals surface area contributed by atoms with Crippen LogP contribution in [0.1, 0.15) is 42.5 Å². The monoisotopic (exact) mass is 479 g/mol. The van der Waals surface area contributed by atoms with Crippen LogP contribution < -0.4 is 14.2 Å². The van der Waals surface area contributed by atoms with Crippen molar-refractivity contribution in [2.75, 3.05) is 27.4 Å². The van der Waals surface area contributed by atoms with Crippen LogP contribution in [0.15, 0.2) is 42.0 Å². The Balaban J connectivity index is 1.64. The van der Waals surface area contributed by atoms with Gasteiger partial charge in [-0.2, -0.15) is 0 Å². The highest BCUT2D eigenvalue weighted by Gasteiger charge is 2.48. The van der Waals surface area contributed by atoms with E-state index in [-0.39, 0.29) is 30.1 Å². The van der Waals surface area contributed by atoms with Crippen molar-refractivity contribution in [1.82, 2.24) is 4.90 Å². The summed E-state index contributed by atoms with van der Waals surface area (Å²) in [7, 11) is 3.07. The first-order valence-corrected chi connectivity index (χ1v) is 11.8. The summed E-state index contributed by atoms with van der Waals surface area (Å²) in [5, 5.41) is 11.4. The molecular formula is C27H29NO7. The van der Waals surface area contributed by atoms with E-state index in [1.807, 2.05) is 13.0 Å². The number of amides is 1. The van der Waals surface area contributed by atoms with Crippen molar-refractivity contribution in [2.45, 2.75) is 44.4 Å². The Kier molecular flexibility index (Phi) is 6.15. The third-order valence-corrected chi connectivity index (χ3v) is 6.87. The van der Waals surface area contributed by atoms with E-state index in [1.54, 1.807) is 37.4 Å². The zero-order valence-electron chi connectivity index (χ0n) is 20.1. The number of ketones is 1. The number of methoxy groups -OCH3 is 2. The van der Waals surface area contributed by atoms with Crippen molar-refractivity contribution < 1.29 is 33.6 Å². The molecule has 3 aliphatic heterocycles. The number of ether oxygens (including phenoxy) is 4. The van der Waals surface area contributed by atoms with Gasteiger partial charge >= 0.3 is 0 Å². The number of aliphatic hydroxyl groups is 1. The molecule has 0 aromatic heterocycles. The topological polar surface area (TPSA) is 94.5 Å². The van der Waals surface area contributed by atoms with E-state index in [9.17, 15) is 14.7 Å². The minimum absolute atomic E-state index is 0.0309. The van der Waals surface area contributed by atoms with E-state index in [0.29, 0.717) is 35.7 Å². The van der Waals surface area contributed by atoms with Crippen LogP contribution in [0.5, 0.6) is 17.2 Å². The van der Waals surface area contributed by atoms with Crippen molar-refractivity contribution in [3.05, 3.63) is 58.7 Å². The average molecular weight is 480 g/mol. The fourth-order valence-corrected chi connectivity index (χ4v) is 5.17. The van der Waals surface area contributed by atoms with E-state index >= 15 is 0 Å². The molecule has 8 heteroatoms. The fraction of sp³-hybridized carbons (Fsp3) is 0.407. The van der Waals surface area contributed by atoms with Crippen LogP contribution >= 0.6 is 0 Å². The maximum absolute atomic E-state index is 13.4. The van der Waals surface area contributed by atoms with Gasteiger partial charge in [-0.25, -0.2) is 0 Å². The minimum Gasteiger partial charge on any atom is -0.507 e. The lowest BCUT2D eigenvalue weighted by atomic mass is 9.93. The number of fused-ring (bicyclic) bond motifs is 1. The molecule has 0 aliphatic carbocycles. The molecule has 0 spiro atoms. The number of Topliss-reactive ketones (excluding diaryl/α,β-unsaturated/α-hetero) is 1.